The molecule has 8 heteroatoms. The van der Waals surface area contributed by atoms with Gasteiger partial charge in [0.05, 0.1) is 29.1 Å². The zero-order chi connectivity index (χ0) is 25.3. The summed E-state index contributed by atoms with van der Waals surface area (Å²) in [6.07, 6.45) is 0.0195. The minimum absolute atomic E-state index is 0.0195. The van der Waals surface area contributed by atoms with Crippen molar-refractivity contribution < 1.29 is 4.79 Å². The van der Waals surface area contributed by atoms with E-state index in [0.717, 1.165) is 16.1 Å². The molecule has 0 unspecified atom stereocenters. The van der Waals surface area contributed by atoms with Gasteiger partial charge in [0.1, 0.15) is 0 Å². The van der Waals surface area contributed by atoms with Gasteiger partial charge < -0.3 is 5.32 Å². The van der Waals surface area contributed by atoms with Gasteiger partial charge in [0.2, 0.25) is 5.91 Å². The molecular formula is C28H26N4O3S. The second-order valence-corrected chi connectivity index (χ2v) is 9.35. The van der Waals surface area contributed by atoms with E-state index in [1.165, 1.54) is 10.1 Å². The summed E-state index contributed by atoms with van der Waals surface area (Å²) in [7, 11) is 0. The molecular weight excluding hydrogens is 472 g/mol. The molecule has 3 aromatic carbocycles. The van der Waals surface area contributed by atoms with Crippen molar-refractivity contribution >= 4 is 28.6 Å². The third-order valence-corrected chi connectivity index (χ3v) is 6.87. The first-order valence-corrected chi connectivity index (χ1v) is 12.8. The monoisotopic (exact) mass is 498 g/mol. The van der Waals surface area contributed by atoms with Crippen LogP contribution in [0.2, 0.25) is 0 Å². The number of nitrogens with one attached hydrogen (secondary N) is 1. The predicted octanol–water partition coefficient (Wildman–Crippen LogP) is 3.52. The largest absolute Gasteiger partial charge is 0.355 e. The fourth-order valence-electron chi connectivity index (χ4n) is 3.99. The van der Waals surface area contributed by atoms with Crippen molar-refractivity contribution in [2.24, 2.45) is 0 Å². The Kier molecular flexibility index (Phi) is 8.37. The third kappa shape index (κ3) is 5.93. The number of rotatable bonds is 10. The molecule has 4 rings (SSSR count). The van der Waals surface area contributed by atoms with Crippen LogP contribution in [0.25, 0.3) is 10.9 Å². The molecule has 1 amide bonds. The summed E-state index contributed by atoms with van der Waals surface area (Å²) in [6.45, 7) is 0.637. The van der Waals surface area contributed by atoms with Crippen molar-refractivity contribution in [2.75, 3.05) is 12.3 Å². The van der Waals surface area contributed by atoms with Gasteiger partial charge in [0, 0.05) is 31.0 Å². The van der Waals surface area contributed by atoms with E-state index in [4.69, 9.17) is 0 Å². The van der Waals surface area contributed by atoms with Crippen molar-refractivity contribution in [3.63, 3.8) is 0 Å². The molecule has 0 aliphatic rings. The Labute approximate surface area is 213 Å². The molecule has 182 valence electrons. The highest BCUT2D eigenvalue weighted by Gasteiger charge is 2.15. The summed E-state index contributed by atoms with van der Waals surface area (Å²) in [4.78, 5) is 38.9. The average Bonchev–Trinajstić information content (AvgIpc) is 2.91. The Morgan fingerprint density at radius 3 is 2.44 bits per heavy atom. The smallest absolute Gasteiger partial charge is 0.331 e. The van der Waals surface area contributed by atoms with Gasteiger partial charge in [-0.3, -0.25) is 18.7 Å². The van der Waals surface area contributed by atoms with Crippen molar-refractivity contribution in [1.82, 2.24) is 14.5 Å². The quantitative estimate of drug-likeness (QED) is 0.338. The van der Waals surface area contributed by atoms with Gasteiger partial charge in [-0.15, -0.1) is 0 Å². The van der Waals surface area contributed by atoms with Crippen molar-refractivity contribution in [1.29, 1.82) is 5.26 Å². The van der Waals surface area contributed by atoms with Crippen LogP contribution in [0.3, 0.4) is 0 Å². The number of thioether (sulfide) groups is 1. The fourth-order valence-corrected chi connectivity index (χ4v) is 4.81. The highest BCUT2D eigenvalue weighted by atomic mass is 32.2. The van der Waals surface area contributed by atoms with Crippen LogP contribution in [0, 0.1) is 11.3 Å². The SMILES string of the molecule is N#Cc1ccccc1Cn1c(=O)n(CCC(=O)NCCSCc2ccccc2)c(=O)c2ccccc21. The molecule has 1 N–H and O–H groups in total. The molecule has 0 radical (unpaired) electrons. The zero-order valence-corrected chi connectivity index (χ0v) is 20.5. The van der Waals surface area contributed by atoms with Crippen LogP contribution < -0.4 is 16.6 Å². The number of nitrogens with zero attached hydrogens (tertiary/aromatic N) is 3. The highest BCUT2D eigenvalue weighted by Crippen LogP contribution is 2.13. The molecule has 0 spiro atoms. The maximum atomic E-state index is 13.4. The zero-order valence-electron chi connectivity index (χ0n) is 19.7. The van der Waals surface area contributed by atoms with Gasteiger partial charge in [-0.05, 0) is 29.3 Å². The number of amides is 1. The van der Waals surface area contributed by atoms with Gasteiger partial charge in [-0.25, -0.2) is 4.79 Å². The Morgan fingerprint density at radius 2 is 1.64 bits per heavy atom. The number of hydrogen-bond acceptors (Lipinski definition) is 5. The van der Waals surface area contributed by atoms with E-state index >= 15 is 0 Å². The molecule has 0 atom stereocenters. The van der Waals surface area contributed by atoms with Gasteiger partial charge in [-0.2, -0.15) is 17.0 Å². The molecule has 1 heterocycles. The van der Waals surface area contributed by atoms with Crippen LogP contribution in [0.5, 0.6) is 0 Å². The van der Waals surface area contributed by atoms with Gasteiger partial charge in [0.15, 0.2) is 0 Å². The van der Waals surface area contributed by atoms with Crippen LogP contribution in [0.1, 0.15) is 23.1 Å². The molecule has 0 fully saturated rings. The Morgan fingerprint density at radius 1 is 0.917 bits per heavy atom. The van der Waals surface area contributed by atoms with E-state index in [9.17, 15) is 19.6 Å². The van der Waals surface area contributed by atoms with E-state index in [0.29, 0.717) is 28.6 Å². The average molecular weight is 499 g/mol. The Balaban J connectivity index is 1.45. The first kappa shape index (κ1) is 25.0. The first-order chi connectivity index (χ1) is 17.6. The van der Waals surface area contributed by atoms with Crippen molar-refractivity contribution in [2.45, 2.75) is 25.3 Å². The molecule has 0 aliphatic heterocycles. The summed E-state index contributed by atoms with van der Waals surface area (Å²) in [6, 6.07) is 26.2. The van der Waals surface area contributed by atoms with Crippen LogP contribution >= 0.6 is 11.8 Å². The summed E-state index contributed by atoms with van der Waals surface area (Å²) < 4.78 is 2.60. The van der Waals surface area contributed by atoms with Crippen molar-refractivity contribution in [3.8, 4) is 6.07 Å². The summed E-state index contributed by atoms with van der Waals surface area (Å²) in [5.41, 5.74) is 1.96. The minimum atomic E-state index is -0.502. The topological polar surface area (TPSA) is 96.9 Å². The number of carbonyl (C=O) groups is 1. The third-order valence-electron chi connectivity index (χ3n) is 5.84. The number of benzene rings is 3. The lowest BCUT2D eigenvalue weighted by atomic mass is 10.1. The van der Waals surface area contributed by atoms with Crippen LogP contribution in [-0.2, 0) is 23.6 Å². The molecule has 4 aromatic rings. The highest BCUT2D eigenvalue weighted by molar-refractivity contribution is 7.98. The van der Waals surface area contributed by atoms with Crippen LogP contribution in [0.4, 0.5) is 0 Å². The van der Waals surface area contributed by atoms with E-state index in [2.05, 4.69) is 23.5 Å². The van der Waals surface area contributed by atoms with Crippen LogP contribution in [0.15, 0.2) is 88.5 Å². The molecule has 0 saturated heterocycles. The summed E-state index contributed by atoms with van der Waals surface area (Å²) in [5.74, 6) is 1.43. The van der Waals surface area contributed by atoms with E-state index in [1.807, 2.05) is 24.3 Å². The standard InChI is InChI=1S/C28H26N4O3S/c29-18-22-10-4-5-11-23(22)19-32-25-13-7-6-12-24(25)27(34)31(28(32)35)16-14-26(33)30-15-17-36-20-21-8-2-1-3-9-21/h1-13H,14-17,19-20H2,(H,30,33). The summed E-state index contributed by atoms with van der Waals surface area (Å²) >= 11 is 1.73. The lowest BCUT2D eigenvalue weighted by Crippen LogP contribution is -2.41. The molecule has 0 saturated carbocycles. The second-order valence-electron chi connectivity index (χ2n) is 8.25. The molecule has 0 aliphatic carbocycles. The number of aromatic nitrogens is 2. The number of hydrogen-bond donors (Lipinski definition) is 1. The number of fused-ring (bicyclic) bond motifs is 1. The first-order valence-electron chi connectivity index (χ1n) is 11.7. The van der Waals surface area contributed by atoms with E-state index in [1.54, 1.807) is 54.2 Å². The predicted molar refractivity (Wildman–Crippen MR) is 143 cm³/mol. The van der Waals surface area contributed by atoms with Gasteiger partial charge in [-0.1, -0.05) is 60.7 Å². The van der Waals surface area contributed by atoms with Crippen molar-refractivity contribution in [3.05, 3.63) is 116 Å². The number of para-hydroxylation sites is 1. The molecule has 1 aromatic heterocycles. The lowest BCUT2D eigenvalue weighted by Gasteiger charge is -2.15. The second kappa shape index (κ2) is 12.0. The van der Waals surface area contributed by atoms with Crippen LogP contribution in [-0.4, -0.2) is 27.3 Å². The normalized spacial score (nSPS) is 10.8. The number of carbonyl (C=O) groups excluding carboxylic acids is 1. The molecule has 7 nitrogen and oxygen atoms in total. The Hall–Kier alpha value is -4.09. The minimum Gasteiger partial charge on any atom is -0.355 e. The maximum absolute atomic E-state index is 13.4. The summed E-state index contributed by atoms with van der Waals surface area (Å²) in [5, 5.41) is 12.7. The van der Waals surface area contributed by atoms with Gasteiger partial charge in [0.25, 0.3) is 5.56 Å². The number of nitriles is 1. The van der Waals surface area contributed by atoms with E-state index < -0.39 is 11.2 Å². The maximum Gasteiger partial charge on any atom is 0.331 e. The molecule has 36 heavy (non-hydrogen) atoms. The molecule has 0 bridgehead atoms. The van der Waals surface area contributed by atoms with Gasteiger partial charge >= 0.3 is 5.69 Å². The van der Waals surface area contributed by atoms with E-state index in [-0.39, 0.29) is 25.4 Å². The lowest BCUT2D eigenvalue weighted by molar-refractivity contribution is -0.121. The fraction of sp³-hybridized carbons (Fsp3) is 0.214. The Bertz CT molecular complexity index is 1520.